The van der Waals surface area contributed by atoms with Crippen LogP contribution in [0.5, 0.6) is 5.75 Å². The lowest BCUT2D eigenvalue weighted by Crippen LogP contribution is -2.50. The zero-order valence-electron chi connectivity index (χ0n) is 12.3. The van der Waals surface area contributed by atoms with Gasteiger partial charge in [0, 0.05) is 17.5 Å². The van der Waals surface area contributed by atoms with E-state index >= 15 is 0 Å². The molecule has 0 aliphatic rings. The SMILES string of the molecule is COc1ccccc1C(C)(C)CNC(C)(C)C(=O)O. The van der Waals surface area contributed by atoms with E-state index in [-0.39, 0.29) is 5.41 Å². The van der Waals surface area contributed by atoms with Crippen LogP contribution in [-0.4, -0.2) is 30.3 Å². The number of para-hydroxylation sites is 1. The van der Waals surface area contributed by atoms with Gasteiger partial charge in [-0.2, -0.15) is 0 Å². The molecule has 0 spiro atoms. The number of carboxylic acids is 1. The smallest absolute Gasteiger partial charge is 0.323 e. The Labute approximate surface area is 114 Å². The number of hydrogen-bond donors (Lipinski definition) is 2. The number of carbonyl (C=O) groups is 1. The second kappa shape index (κ2) is 5.61. The van der Waals surface area contributed by atoms with Gasteiger partial charge in [0.1, 0.15) is 11.3 Å². The lowest BCUT2D eigenvalue weighted by atomic mass is 9.83. The van der Waals surface area contributed by atoms with Crippen molar-refractivity contribution >= 4 is 5.97 Å². The Balaban J connectivity index is 2.89. The molecule has 0 aliphatic heterocycles. The molecule has 0 fully saturated rings. The lowest BCUT2D eigenvalue weighted by Gasteiger charge is -2.31. The van der Waals surface area contributed by atoms with E-state index in [1.165, 1.54) is 0 Å². The van der Waals surface area contributed by atoms with Gasteiger partial charge in [-0.3, -0.25) is 4.79 Å². The zero-order valence-corrected chi connectivity index (χ0v) is 12.3. The molecule has 0 saturated heterocycles. The fourth-order valence-electron chi connectivity index (χ4n) is 1.82. The van der Waals surface area contributed by atoms with Gasteiger partial charge >= 0.3 is 5.97 Å². The van der Waals surface area contributed by atoms with Gasteiger partial charge in [-0.05, 0) is 19.9 Å². The van der Waals surface area contributed by atoms with Crippen molar-refractivity contribution in [2.75, 3.05) is 13.7 Å². The molecule has 2 N–H and O–H groups in total. The zero-order chi connectivity index (χ0) is 14.7. The molecular weight excluding hydrogens is 242 g/mol. The highest BCUT2D eigenvalue weighted by Gasteiger charge is 2.31. The summed E-state index contributed by atoms with van der Waals surface area (Å²) in [4.78, 5) is 11.1. The maximum absolute atomic E-state index is 11.1. The molecule has 1 aromatic rings. The molecule has 0 saturated carbocycles. The number of benzene rings is 1. The maximum atomic E-state index is 11.1. The van der Waals surface area contributed by atoms with Gasteiger partial charge in [-0.25, -0.2) is 0 Å². The third-order valence-corrected chi connectivity index (χ3v) is 3.34. The highest BCUT2D eigenvalue weighted by atomic mass is 16.5. The predicted molar refractivity (Wildman–Crippen MR) is 75.7 cm³/mol. The van der Waals surface area contributed by atoms with Gasteiger partial charge in [0.25, 0.3) is 0 Å². The van der Waals surface area contributed by atoms with Gasteiger partial charge in [0.15, 0.2) is 0 Å². The number of carboxylic acid groups (broad SMARTS) is 1. The molecule has 0 atom stereocenters. The Bertz CT molecular complexity index is 452. The minimum absolute atomic E-state index is 0.223. The highest BCUT2D eigenvalue weighted by Crippen LogP contribution is 2.31. The number of rotatable bonds is 6. The van der Waals surface area contributed by atoms with E-state index in [1.807, 2.05) is 24.3 Å². The Hall–Kier alpha value is -1.55. The first kappa shape index (κ1) is 15.5. The van der Waals surface area contributed by atoms with E-state index in [0.29, 0.717) is 6.54 Å². The molecule has 0 heterocycles. The van der Waals surface area contributed by atoms with Crippen LogP contribution >= 0.6 is 0 Å². The van der Waals surface area contributed by atoms with Crippen LogP contribution in [0.2, 0.25) is 0 Å². The summed E-state index contributed by atoms with van der Waals surface area (Å²) in [7, 11) is 1.64. The molecule has 1 aromatic carbocycles. The average molecular weight is 265 g/mol. The van der Waals surface area contributed by atoms with Gasteiger partial charge in [0.05, 0.1) is 7.11 Å². The first-order valence-corrected chi connectivity index (χ1v) is 6.32. The van der Waals surface area contributed by atoms with Crippen LogP contribution in [0.3, 0.4) is 0 Å². The Morgan fingerprint density at radius 3 is 2.37 bits per heavy atom. The quantitative estimate of drug-likeness (QED) is 0.829. The average Bonchev–Trinajstić information content (AvgIpc) is 2.36. The van der Waals surface area contributed by atoms with Crippen molar-refractivity contribution in [3.05, 3.63) is 29.8 Å². The maximum Gasteiger partial charge on any atom is 0.323 e. The van der Waals surface area contributed by atoms with Gasteiger partial charge < -0.3 is 15.2 Å². The normalized spacial score (nSPS) is 12.3. The number of ether oxygens (including phenoxy) is 1. The van der Waals surface area contributed by atoms with Gasteiger partial charge in [0.2, 0.25) is 0 Å². The minimum Gasteiger partial charge on any atom is -0.496 e. The highest BCUT2D eigenvalue weighted by molar-refractivity contribution is 5.77. The molecule has 0 aromatic heterocycles. The second-order valence-corrected chi connectivity index (χ2v) is 5.87. The summed E-state index contributed by atoms with van der Waals surface area (Å²) in [6.07, 6.45) is 0. The van der Waals surface area contributed by atoms with Crippen molar-refractivity contribution in [2.24, 2.45) is 0 Å². The van der Waals surface area contributed by atoms with Gasteiger partial charge in [-0.1, -0.05) is 32.0 Å². The van der Waals surface area contributed by atoms with Crippen LogP contribution in [0.25, 0.3) is 0 Å². The molecule has 0 aliphatic carbocycles. The van der Waals surface area contributed by atoms with Crippen molar-refractivity contribution in [3.8, 4) is 5.75 Å². The van der Waals surface area contributed by atoms with Crippen LogP contribution in [0.1, 0.15) is 33.3 Å². The standard InChI is InChI=1S/C15H23NO3/c1-14(2,10-16-15(3,4)13(17)18)11-8-6-7-9-12(11)19-5/h6-9,16H,10H2,1-5H3,(H,17,18). The minimum atomic E-state index is -0.945. The van der Waals surface area contributed by atoms with Crippen molar-refractivity contribution in [2.45, 2.75) is 38.6 Å². The summed E-state index contributed by atoms with van der Waals surface area (Å²) in [5.41, 5.74) is -0.107. The van der Waals surface area contributed by atoms with Crippen molar-refractivity contribution in [1.82, 2.24) is 5.32 Å². The molecule has 0 amide bonds. The first-order chi connectivity index (χ1) is 8.70. The van der Waals surface area contributed by atoms with E-state index in [1.54, 1.807) is 21.0 Å². The number of hydrogen-bond acceptors (Lipinski definition) is 3. The molecule has 0 radical (unpaired) electrons. The lowest BCUT2D eigenvalue weighted by molar-refractivity contribution is -0.143. The molecule has 0 unspecified atom stereocenters. The largest absolute Gasteiger partial charge is 0.496 e. The topological polar surface area (TPSA) is 58.6 Å². The Morgan fingerprint density at radius 1 is 1.26 bits per heavy atom. The number of methoxy groups -OCH3 is 1. The molecule has 19 heavy (non-hydrogen) atoms. The van der Waals surface area contributed by atoms with Gasteiger partial charge in [-0.15, -0.1) is 0 Å². The summed E-state index contributed by atoms with van der Waals surface area (Å²) < 4.78 is 5.37. The number of nitrogens with one attached hydrogen (secondary N) is 1. The molecule has 106 valence electrons. The third-order valence-electron chi connectivity index (χ3n) is 3.34. The molecule has 0 bridgehead atoms. The van der Waals surface area contributed by atoms with E-state index in [4.69, 9.17) is 9.84 Å². The summed E-state index contributed by atoms with van der Waals surface area (Å²) in [5, 5.41) is 12.2. The summed E-state index contributed by atoms with van der Waals surface area (Å²) >= 11 is 0. The van der Waals surface area contributed by atoms with Crippen LogP contribution in [0.4, 0.5) is 0 Å². The number of aliphatic carboxylic acids is 1. The molecular formula is C15H23NO3. The molecule has 4 heteroatoms. The van der Waals surface area contributed by atoms with Crippen molar-refractivity contribution in [1.29, 1.82) is 0 Å². The summed E-state index contributed by atoms with van der Waals surface area (Å²) in [6, 6.07) is 7.81. The van der Waals surface area contributed by atoms with Crippen molar-refractivity contribution < 1.29 is 14.6 Å². The van der Waals surface area contributed by atoms with E-state index in [9.17, 15) is 4.79 Å². The van der Waals surface area contributed by atoms with Crippen LogP contribution in [0, 0.1) is 0 Å². The van der Waals surface area contributed by atoms with Crippen molar-refractivity contribution in [3.63, 3.8) is 0 Å². The third kappa shape index (κ3) is 3.70. The van der Waals surface area contributed by atoms with Crippen LogP contribution < -0.4 is 10.1 Å². The Morgan fingerprint density at radius 2 is 1.84 bits per heavy atom. The molecule has 1 rings (SSSR count). The predicted octanol–water partition coefficient (Wildman–Crippen LogP) is 2.43. The van der Waals surface area contributed by atoms with Crippen LogP contribution in [-0.2, 0) is 10.2 Å². The summed E-state index contributed by atoms with van der Waals surface area (Å²) in [6.45, 7) is 8.00. The fourth-order valence-corrected chi connectivity index (χ4v) is 1.82. The van der Waals surface area contributed by atoms with E-state index in [2.05, 4.69) is 19.2 Å². The fraction of sp³-hybridized carbons (Fsp3) is 0.533. The van der Waals surface area contributed by atoms with Crippen LogP contribution in [0.15, 0.2) is 24.3 Å². The molecule has 4 nitrogen and oxygen atoms in total. The second-order valence-electron chi connectivity index (χ2n) is 5.87. The van der Waals surface area contributed by atoms with E-state index in [0.717, 1.165) is 11.3 Å². The Kier molecular flexibility index (Phi) is 4.58. The first-order valence-electron chi connectivity index (χ1n) is 6.32. The van der Waals surface area contributed by atoms with E-state index < -0.39 is 11.5 Å². The monoisotopic (exact) mass is 265 g/mol. The summed E-state index contributed by atoms with van der Waals surface area (Å²) in [5.74, 6) is -0.0363.